The van der Waals surface area contributed by atoms with Crippen LogP contribution in [0.1, 0.15) is 24.0 Å². The summed E-state index contributed by atoms with van der Waals surface area (Å²) in [6.45, 7) is 6.04. The van der Waals surface area contributed by atoms with E-state index in [2.05, 4.69) is 25.6 Å². The number of guanidine groups is 1. The number of aromatic nitrogens is 2. The van der Waals surface area contributed by atoms with Gasteiger partial charge in [-0.05, 0) is 38.1 Å². The van der Waals surface area contributed by atoms with E-state index in [1.165, 1.54) is 0 Å². The van der Waals surface area contributed by atoms with Crippen LogP contribution in [0.25, 0.3) is 0 Å². The van der Waals surface area contributed by atoms with Crippen molar-refractivity contribution in [1.29, 1.82) is 0 Å². The summed E-state index contributed by atoms with van der Waals surface area (Å²) in [6, 6.07) is 11.8. The van der Waals surface area contributed by atoms with Crippen LogP contribution in [0, 0.1) is 6.92 Å². The SMILES string of the molecule is CCNC(=NCc1cccc(C)n1)NCc1ccccn1. The molecule has 0 amide bonds. The van der Waals surface area contributed by atoms with Gasteiger partial charge in [0, 0.05) is 18.4 Å². The predicted octanol–water partition coefficient (Wildman–Crippen LogP) is 2.04. The van der Waals surface area contributed by atoms with Gasteiger partial charge in [0.25, 0.3) is 0 Å². The first kappa shape index (κ1) is 15.0. The van der Waals surface area contributed by atoms with Gasteiger partial charge in [-0.1, -0.05) is 12.1 Å². The first-order chi connectivity index (χ1) is 10.3. The second kappa shape index (κ2) is 7.99. The van der Waals surface area contributed by atoms with Crippen LogP contribution >= 0.6 is 0 Å². The topological polar surface area (TPSA) is 62.2 Å². The Kier molecular flexibility index (Phi) is 5.70. The van der Waals surface area contributed by atoms with Gasteiger partial charge in [-0.2, -0.15) is 0 Å². The Hall–Kier alpha value is -2.43. The minimum absolute atomic E-state index is 0.555. The molecule has 2 N–H and O–H groups in total. The number of aryl methyl sites for hydroxylation is 1. The van der Waals surface area contributed by atoms with Crippen LogP contribution < -0.4 is 10.6 Å². The average molecular weight is 283 g/mol. The third-order valence-electron chi connectivity index (χ3n) is 2.85. The summed E-state index contributed by atoms with van der Waals surface area (Å²) >= 11 is 0. The zero-order chi connectivity index (χ0) is 14.9. The van der Waals surface area contributed by atoms with Gasteiger partial charge in [-0.25, -0.2) is 4.99 Å². The molecule has 0 spiro atoms. The van der Waals surface area contributed by atoms with Crippen molar-refractivity contribution >= 4 is 5.96 Å². The zero-order valence-electron chi connectivity index (χ0n) is 12.5. The van der Waals surface area contributed by atoms with Crippen LogP contribution in [0.4, 0.5) is 0 Å². The first-order valence-corrected chi connectivity index (χ1v) is 7.12. The normalized spacial score (nSPS) is 11.2. The molecular formula is C16H21N5. The molecule has 0 atom stereocenters. The van der Waals surface area contributed by atoms with Crippen LogP contribution in [0.5, 0.6) is 0 Å². The van der Waals surface area contributed by atoms with Crippen LogP contribution in [-0.2, 0) is 13.1 Å². The fourth-order valence-electron chi connectivity index (χ4n) is 1.87. The highest BCUT2D eigenvalue weighted by molar-refractivity contribution is 5.79. The molecule has 0 aliphatic rings. The molecule has 0 aliphatic carbocycles. The Morgan fingerprint density at radius 3 is 2.67 bits per heavy atom. The maximum absolute atomic E-state index is 4.54. The van der Waals surface area contributed by atoms with Gasteiger partial charge in [0.2, 0.25) is 0 Å². The van der Waals surface area contributed by atoms with E-state index in [9.17, 15) is 0 Å². The van der Waals surface area contributed by atoms with Crippen molar-refractivity contribution in [2.24, 2.45) is 4.99 Å². The van der Waals surface area contributed by atoms with Crippen molar-refractivity contribution in [2.75, 3.05) is 6.54 Å². The van der Waals surface area contributed by atoms with E-state index < -0.39 is 0 Å². The van der Waals surface area contributed by atoms with Gasteiger partial charge < -0.3 is 10.6 Å². The van der Waals surface area contributed by atoms with E-state index in [1.807, 2.05) is 50.2 Å². The largest absolute Gasteiger partial charge is 0.357 e. The van der Waals surface area contributed by atoms with E-state index >= 15 is 0 Å². The minimum Gasteiger partial charge on any atom is -0.357 e. The highest BCUT2D eigenvalue weighted by Crippen LogP contribution is 2.00. The molecule has 0 aromatic carbocycles. The van der Waals surface area contributed by atoms with Crippen LogP contribution in [0.15, 0.2) is 47.6 Å². The number of rotatable bonds is 5. The fraction of sp³-hybridized carbons (Fsp3) is 0.312. The lowest BCUT2D eigenvalue weighted by Gasteiger charge is -2.10. The van der Waals surface area contributed by atoms with E-state index in [1.54, 1.807) is 6.20 Å². The van der Waals surface area contributed by atoms with Crippen LogP contribution in [-0.4, -0.2) is 22.5 Å². The van der Waals surface area contributed by atoms with E-state index in [0.29, 0.717) is 13.1 Å². The third kappa shape index (κ3) is 5.22. The van der Waals surface area contributed by atoms with Crippen molar-refractivity contribution < 1.29 is 0 Å². The molecule has 0 bridgehead atoms. The van der Waals surface area contributed by atoms with Gasteiger partial charge in [0.15, 0.2) is 5.96 Å². The fourth-order valence-corrected chi connectivity index (χ4v) is 1.87. The smallest absolute Gasteiger partial charge is 0.191 e. The van der Waals surface area contributed by atoms with Crippen molar-refractivity contribution in [1.82, 2.24) is 20.6 Å². The highest BCUT2D eigenvalue weighted by Gasteiger charge is 1.99. The van der Waals surface area contributed by atoms with Crippen molar-refractivity contribution in [2.45, 2.75) is 26.9 Å². The standard InChI is InChI=1S/C16H21N5/c1-3-17-16(19-11-14-8-4-5-10-18-14)20-12-15-9-6-7-13(2)21-15/h4-10H,3,11-12H2,1-2H3,(H2,17,19,20). The summed E-state index contributed by atoms with van der Waals surface area (Å²) < 4.78 is 0. The summed E-state index contributed by atoms with van der Waals surface area (Å²) in [5.41, 5.74) is 2.95. The van der Waals surface area contributed by atoms with Crippen molar-refractivity contribution in [3.05, 3.63) is 59.7 Å². The monoisotopic (exact) mass is 283 g/mol. The molecule has 0 radical (unpaired) electrons. The number of nitrogens with one attached hydrogen (secondary N) is 2. The summed E-state index contributed by atoms with van der Waals surface area (Å²) in [5.74, 6) is 0.770. The lowest BCUT2D eigenvalue weighted by atomic mass is 10.3. The number of nitrogens with zero attached hydrogens (tertiary/aromatic N) is 3. The van der Waals surface area contributed by atoms with Crippen molar-refractivity contribution in [3.8, 4) is 0 Å². The number of pyridine rings is 2. The number of hydrogen-bond donors (Lipinski definition) is 2. The molecule has 5 nitrogen and oxygen atoms in total. The quantitative estimate of drug-likeness (QED) is 0.651. The summed E-state index contributed by atoms with van der Waals surface area (Å²) in [5, 5.41) is 6.49. The summed E-state index contributed by atoms with van der Waals surface area (Å²) in [6.07, 6.45) is 1.79. The third-order valence-corrected chi connectivity index (χ3v) is 2.85. The van der Waals surface area contributed by atoms with Crippen LogP contribution in [0.3, 0.4) is 0 Å². The highest BCUT2D eigenvalue weighted by atomic mass is 15.2. The van der Waals surface area contributed by atoms with Gasteiger partial charge in [0.1, 0.15) is 0 Å². The molecule has 0 aliphatic heterocycles. The molecule has 2 rings (SSSR count). The van der Waals surface area contributed by atoms with Crippen molar-refractivity contribution in [3.63, 3.8) is 0 Å². The Morgan fingerprint density at radius 2 is 1.95 bits per heavy atom. The zero-order valence-corrected chi connectivity index (χ0v) is 12.5. The maximum Gasteiger partial charge on any atom is 0.191 e. The second-order valence-corrected chi connectivity index (χ2v) is 4.64. The van der Waals surface area contributed by atoms with Gasteiger partial charge in [-0.3, -0.25) is 9.97 Å². The summed E-state index contributed by atoms with van der Waals surface area (Å²) in [4.78, 5) is 13.3. The molecule has 2 aromatic heterocycles. The lowest BCUT2D eigenvalue weighted by Crippen LogP contribution is -2.37. The Morgan fingerprint density at radius 1 is 1.10 bits per heavy atom. The van der Waals surface area contributed by atoms with Crippen LogP contribution in [0.2, 0.25) is 0 Å². The number of aliphatic imine (C=N–C) groups is 1. The molecule has 0 saturated carbocycles. The molecular weight excluding hydrogens is 262 g/mol. The molecule has 2 heterocycles. The molecule has 2 aromatic rings. The maximum atomic E-state index is 4.54. The molecule has 5 heteroatoms. The minimum atomic E-state index is 0.555. The second-order valence-electron chi connectivity index (χ2n) is 4.64. The predicted molar refractivity (Wildman–Crippen MR) is 84.9 cm³/mol. The Labute approximate surface area is 125 Å². The van der Waals surface area contributed by atoms with E-state index in [4.69, 9.17) is 0 Å². The molecule has 21 heavy (non-hydrogen) atoms. The Balaban J connectivity index is 1.96. The molecule has 110 valence electrons. The molecule has 0 saturated heterocycles. The Bertz CT molecular complexity index is 580. The average Bonchev–Trinajstić information content (AvgIpc) is 2.51. The molecule has 0 fully saturated rings. The molecule has 0 unspecified atom stereocenters. The van der Waals surface area contributed by atoms with Gasteiger partial charge >= 0.3 is 0 Å². The lowest BCUT2D eigenvalue weighted by molar-refractivity contribution is 0.796. The van der Waals surface area contributed by atoms with E-state index in [-0.39, 0.29) is 0 Å². The van der Waals surface area contributed by atoms with E-state index in [0.717, 1.165) is 29.6 Å². The first-order valence-electron chi connectivity index (χ1n) is 7.12. The number of hydrogen-bond acceptors (Lipinski definition) is 3. The van der Waals surface area contributed by atoms with Gasteiger partial charge in [0.05, 0.1) is 24.5 Å². The summed E-state index contributed by atoms with van der Waals surface area (Å²) in [7, 11) is 0. The van der Waals surface area contributed by atoms with Gasteiger partial charge in [-0.15, -0.1) is 0 Å².